The zero-order chi connectivity index (χ0) is 17.7. The molecule has 0 bridgehead atoms. The number of rotatable bonds is 6. The van der Waals surface area contributed by atoms with Gasteiger partial charge < -0.3 is 15.8 Å². The molecule has 0 aromatic heterocycles. The summed E-state index contributed by atoms with van der Waals surface area (Å²) in [5.41, 5.74) is 5.98. The van der Waals surface area contributed by atoms with Crippen LogP contribution in [0.25, 0.3) is 0 Å². The Morgan fingerprint density at radius 1 is 1.26 bits per heavy atom. The Hall–Kier alpha value is -1.80. The Morgan fingerprint density at radius 3 is 2.48 bits per heavy atom. The molecule has 1 aromatic carbocycles. The van der Waals surface area contributed by atoms with E-state index in [1.54, 1.807) is 45.9 Å². The third-order valence-corrected chi connectivity index (χ3v) is 4.50. The van der Waals surface area contributed by atoms with Crippen LogP contribution in [0.15, 0.2) is 23.1 Å². The molecule has 23 heavy (non-hydrogen) atoms. The average molecular weight is 343 g/mol. The molecule has 7 nitrogen and oxygen atoms in total. The van der Waals surface area contributed by atoms with E-state index < -0.39 is 21.7 Å². The highest BCUT2D eigenvalue weighted by Crippen LogP contribution is 2.21. The Balaban J connectivity index is 2.45. The molecule has 8 heteroatoms. The third-order valence-electron chi connectivity index (χ3n) is 2.82. The molecule has 1 rings (SSSR count). The van der Waals surface area contributed by atoms with Gasteiger partial charge in [0, 0.05) is 13.1 Å². The maximum absolute atomic E-state index is 12.3. The van der Waals surface area contributed by atoms with Crippen molar-refractivity contribution < 1.29 is 17.9 Å². The molecule has 0 heterocycles. The highest BCUT2D eigenvalue weighted by atomic mass is 32.2. The Bertz CT molecular complexity index is 631. The fraction of sp³-hybridized carbons (Fsp3) is 0.533. The molecule has 4 N–H and O–H groups in total. The number of nitrogens with one attached hydrogen (secondary N) is 2. The molecule has 0 aliphatic heterocycles. The minimum Gasteiger partial charge on any atom is -0.444 e. The van der Waals surface area contributed by atoms with Crippen LogP contribution < -0.4 is 15.8 Å². The number of alkyl carbamates (subject to hydrolysis) is 1. The van der Waals surface area contributed by atoms with Gasteiger partial charge in [-0.3, -0.25) is 0 Å². The molecule has 0 saturated heterocycles. The smallest absolute Gasteiger partial charge is 0.407 e. The second kappa shape index (κ2) is 7.65. The van der Waals surface area contributed by atoms with Crippen LogP contribution in [0.2, 0.25) is 0 Å². The number of amides is 1. The van der Waals surface area contributed by atoms with E-state index in [-0.39, 0.29) is 17.1 Å². The molecule has 1 amide bonds. The molecule has 1 aromatic rings. The number of anilines is 1. The van der Waals surface area contributed by atoms with Crippen molar-refractivity contribution >= 4 is 21.8 Å². The molecular weight excluding hydrogens is 318 g/mol. The van der Waals surface area contributed by atoms with Crippen LogP contribution in [0.5, 0.6) is 0 Å². The molecule has 0 aliphatic carbocycles. The molecule has 0 unspecified atom stereocenters. The topological polar surface area (TPSA) is 111 Å². The summed E-state index contributed by atoms with van der Waals surface area (Å²) in [5, 5.41) is 2.57. The van der Waals surface area contributed by atoms with Crippen LogP contribution >= 0.6 is 0 Å². The lowest BCUT2D eigenvalue weighted by molar-refractivity contribution is 0.0527. The van der Waals surface area contributed by atoms with Crippen LogP contribution in [-0.4, -0.2) is 33.2 Å². The van der Waals surface area contributed by atoms with E-state index in [1.807, 2.05) is 0 Å². The van der Waals surface area contributed by atoms with E-state index in [2.05, 4.69) is 10.0 Å². The van der Waals surface area contributed by atoms with Crippen LogP contribution in [0.4, 0.5) is 10.5 Å². The predicted molar refractivity (Wildman–Crippen MR) is 89.6 cm³/mol. The van der Waals surface area contributed by atoms with Gasteiger partial charge in [-0.15, -0.1) is 0 Å². The summed E-state index contributed by atoms with van der Waals surface area (Å²) in [6.45, 7) is 7.50. The van der Waals surface area contributed by atoms with Gasteiger partial charge in [-0.1, -0.05) is 12.1 Å². The second-order valence-corrected chi connectivity index (χ2v) is 7.88. The monoisotopic (exact) mass is 343 g/mol. The summed E-state index contributed by atoms with van der Waals surface area (Å²) >= 11 is 0. The molecule has 0 saturated carbocycles. The van der Waals surface area contributed by atoms with Crippen molar-refractivity contribution in [1.82, 2.24) is 10.0 Å². The molecular formula is C15H25N3O4S. The zero-order valence-electron chi connectivity index (χ0n) is 14.0. The minimum atomic E-state index is -3.67. The van der Waals surface area contributed by atoms with Gasteiger partial charge in [0.25, 0.3) is 0 Å². The lowest BCUT2D eigenvalue weighted by Gasteiger charge is -2.19. The third kappa shape index (κ3) is 6.45. The minimum absolute atomic E-state index is 0.0973. The van der Waals surface area contributed by atoms with Gasteiger partial charge in [-0.2, -0.15) is 0 Å². The van der Waals surface area contributed by atoms with Crippen LogP contribution in [0.3, 0.4) is 0 Å². The number of hydrogen-bond acceptors (Lipinski definition) is 5. The highest BCUT2D eigenvalue weighted by Gasteiger charge is 2.19. The van der Waals surface area contributed by atoms with Crippen molar-refractivity contribution in [3.63, 3.8) is 0 Å². The highest BCUT2D eigenvalue weighted by molar-refractivity contribution is 7.89. The van der Waals surface area contributed by atoms with Crippen molar-refractivity contribution in [3.8, 4) is 0 Å². The number of benzene rings is 1. The Morgan fingerprint density at radius 2 is 1.91 bits per heavy atom. The Kier molecular flexibility index (Phi) is 6.40. The van der Waals surface area contributed by atoms with Gasteiger partial charge in [0.05, 0.1) is 5.69 Å². The predicted octanol–water partition coefficient (Wildman–Crippen LogP) is 1.77. The van der Waals surface area contributed by atoms with Crippen molar-refractivity contribution in [2.75, 3.05) is 18.8 Å². The van der Waals surface area contributed by atoms with Crippen LogP contribution in [0.1, 0.15) is 32.8 Å². The van der Waals surface area contributed by atoms with Crippen molar-refractivity contribution in [2.24, 2.45) is 0 Å². The summed E-state index contributed by atoms with van der Waals surface area (Å²) in [6.07, 6.45) is -0.0898. The normalized spacial score (nSPS) is 12.0. The maximum atomic E-state index is 12.3. The van der Waals surface area contributed by atoms with Crippen LogP contribution in [0, 0.1) is 6.92 Å². The number of hydrogen-bond donors (Lipinski definition) is 3. The number of nitrogen functional groups attached to an aromatic ring is 1. The van der Waals surface area contributed by atoms with Gasteiger partial charge in [-0.05, 0) is 45.7 Å². The molecule has 0 aliphatic rings. The van der Waals surface area contributed by atoms with Crippen molar-refractivity contribution in [1.29, 1.82) is 0 Å². The van der Waals surface area contributed by atoms with Crippen molar-refractivity contribution in [2.45, 2.75) is 44.6 Å². The summed E-state index contributed by atoms with van der Waals surface area (Å²) in [4.78, 5) is 11.5. The van der Waals surface area contributed by atoms with Gasteiger partial charge in [0.2, 0.25) is 10.0 Å². The molecule has 0 atom stereocenters. The number of nitrogens with two attached hydrogens (primary N) is 1. The quantitative estimate of drug-likeness (QED) is 0.538. The van der Waals surface area contributed by atoms with E-state index in [4.69, 9.17) is 10.5 Å². The summed E-state index contributed by atoms with van der Waals surface area (Å²) in [7, 11) is -3.67. The van der Waals surface area contributed by atoms with E-state index in [9.17, 15) is 13.2 Å². The molecule has 130 valence electrons. The largest absolute Gasteiger partial charge is 0.444 e. The van der Waals surface area contributed by atoms with E-state index in [0.29, 0.717) is 18.5 Å². The van der Waals surface area contributed by atoms with Gasteiger partial charge in [0.1, 0.15) is 10.5 Å². The number of sulfonamides is 1. The lowest BCUT2D eigenvalue weighted by atomic mass is 10.2. The molecule has 0 fully saturated rings. The van der Waals surface area contributed by atoms with Gasteiger partial charge in [-0.25, -0.2) is 17.9 Å². The zero-order valence-corrected chi connectivity index (χ0v) is 14.8. The molecule has 0 radical (unpaired) electrons. The maximum Gasteiger partial charge on any atom is 0.407 e. The van der Waals surface area contributed by atoms with E-state index in [1.165, 1.54) is 0 Å². The summed E-state index contributed by atoms with van der Waals surface area (Å²) < 4.78 is 32.1. The van der Waals surface area contributed by atoms with Gasteiger partial charge in [0.15, 0.2) is 0 Å². The fourth-order valence-corrected chi connectivity index (χ4v) is 3.34. The first-order valence-electron chi connectivity index (χ1n) is 7.34. The number of ether oxygens (including phenoxy) is 1. The fourth-order valence-electron chi connectivity index (χ4n) is 1.91. The second-order valence-electron chi connectivity index (χ2n) is 6.17. The first-order chi connectivity index (χ1) is 10.5. The first-order valence-corrected chi connectivity index (χ1v) is 8.83. The van der Waals surface area contributed by atoms with E-state index in [0.717, 1.165) is 0 Å². The van der Waals surface area contributed by atoms with Gasteiger partial charge >= 0.3 is 6.09 Å². The molecule has 0 spiro atoms. The number of carbonyl (C=O) groups is 1. The van der Waals surface area contributed by atoms with Crippen molar-refractivity contribution in [3.05, 3.63) is 23.8 Å². The number of carbonyl (C=O) groups excluding carboxylic acids is 1. The van der Waals surface area contributed by atoms with Crippen LogP contribution in [-0.2, 0) is 14.8 Å². The summed E-state index contributed by atoms with van der Waals surface area (Å²) in [6, 6.07) is 4.94. The summed E-state index contributed by atoms with van der Waals surface area (Å²) in [5.74, 6) is 0. The first kappa shape index (κ1) is 19.2. The SMILES string of the molecule is Cc1cccc(N)c1S(=O)(=O)NCCCNC(=O)OC(C)(C)C. The van der Waals surface area contributed by atoms with E-state index >= 15 is 0 Å². The lowest BCUT2D eigenvalue weighted by Crippen LogP contribution is -2.34. The Labute approximate surface area is 137 Å². The standard InChI is InChI=1S/C15H25N3O4S/c1-11-7-5-8-12(16)13(11)23(20,21)18-10-6-9-17-14(19)22-15(2,3)4/h5,7-8,18H,6,9-10,16H2,1-4H3,(H,17,19). The average Bonchev–Trinajstić information content (AvgIpc) is 2.35. The number of aryl methyl sites for hydroxylation is 1.